The zero-order valence-corrected chi connectivity index (χ0v) is 20.4. The molecule has 1 saturated heterocycles. The molecule has 6 nitrogen and oxygen atoms in total. The molecule has 0 bridgehead atoms. The number of benzene rings is 1. The second kappa shape index (κ2) is 12.7. The maximum Gasteiger partial charge on any atom is 0.250 e. The van der Waals surface area contributed by atoms with Crippen LogP contribution in [0, 0.1) is 6.92 Å². The molecule has 1 aliphatic heterocycles. The smallest absolute Gasteiger partial charge is 0.250 e. The van der Waals surface area contributed by atoms with E-state index in [0.717, 1.165) is 70.3 Å². The van der Waals surface area contributed by atoms with Gasteiger partial charge in [0, 0.05) is 64.6 Å². The van der Waals surface area contributed by atoms with Gasteiger partial charge in [-0.25, -0.2) is 0 Å². The zero-order chi connectivity index (χ0) is 20.5. The van der Waals surface area contributed by atoms with Gasteiger partial charge in [-0.15, -0.1) is 24.0 Å². The molecule has 0 saturated carbocycles. The lowest BCUT2D eigenvalue weighted by Crippen LogP contribution is -2.52. The second-order valence-corrected chi connectivity index (χ2v) is 7.59. The summed E-state index contributed by atoms with van der Waals surface area (Å²) in [7, 11) is 1.85. The molecule has 7 heteroatoms. The molecular weight excluding hydrogens is 489 g/mol. The average Bonchev–Trinajstić information content (AvgIpc) is 2.74. The number of hydrogen-bond acceptors (Lipinski definition) is 3. The molecule has 1 aromatic carbocycles. The average molecular weight is 523 g/mol. The Hall–Kier alpha value is -1.87. The summed E-state index contributed by atoms with van der Waals surface area (Å²) in [4.78, 5) is 21.2. The van der Waals surface area contributed by atoms with Gasteiger partial charge in [0.05, 0.1) is 0 Å². The predicted molar refractivity (Wildman–Crippen MR) is 135 cm³/mol. The molecule has 1 aliphatic rings. The molecule has 0 radical (unpaired) electrons. The van der Waals surface area contributed by atoms with Crippen LogP contribution in [0.25, 0.3) is 0 Å². The van der Waals surface area contributed by atoms with E-state index in [1.54, 1.807) is 6.07 Å². The van der Waals surface area contributed by atoms with Gasteiger partial charge in [0.1, 0.15) is 0 Å². The van der Waals surface area contributed by atoms with Crippen molar-refractivity contribution in [3.05, 3.63) is 70.1 Å². The van der Waals surface area contributed by atoms with Crippen molar-refractivity contribution in [1.82, 2.24) is 19.7 Å². The van der Waals surface area contributed by atoms with Gasteiger partial charge >= 0.3 is 0 Å². The summed E-state index contributed by atoms with van der Waals surface area (Å²) < 4.78 is 1.85. The fourth-order valence-electron chi connectivity index (χ4n) is 3.80. The number of aromatic nitrogens is 1. The first kappa shape index (κ1) is 24.4. The topological polar surface area (TPSA) is 52.9 Å². The highest BCUT2D eigenvalue weighted by atomic mass is 127. The maximum atomic E-state index is 11.9. The predicted octanol–water partition coefficient (Wildman–Crippen LogP) is 2.95. The van der Waals surface area contributed by atoms with Crippen LogP contribution in [0.4, 0.5) is 0 Å². The third-order valence-electron chi connectivity index (χ3n) is 5.49. The molecule has 2 heterocycles. The van der Waals surface area contributed by atoms with Crippen molar-refractivity contribution < 1.29 is 0 Å². The van der Waals surface area contributed by atoms with Gasteiger partial charge < -0.3 is 14.8 Å². The molecule has 0 amide bonds. The molecule has 2 aromatic rings. The Kier molecular flexibility index (Phi) is 10.4. The number of aryl methyl sites for hydroxylation is 1. The fraction of sp³-hybridized carbons (Fsp3) is 0.478. The Balaban J connectivity index is 0.00000320. The van der Waals surface area contributed by atoms with Crippen molar-refractivity contribution in [3.8, 4) is 0 Å². The summed E-state index contributed by atoms with van der Waals surface area (Å²) in [6.45, 7) is 8.72. The monoisotopic (exact) mass is 523 g/mol. The van der Waals surface area contributed by atoms with E-state index in [2.05, 4.69) is 50.4 Å². The standard InChI is InChI=1S/C23H33N5O.HI/c1-20-9-8-12-22(29)28(20)14-7-6-13-25-23(24-2)27-17-15-26(16-18-27)19-21-10-4-3-5-11-21;/h3-5,8-12H,6-7,13-19H2,1-2H3,(H,24,25);1H. The van der Waals surface area contributed by atoms with Crippen molar-refractivity contribution in [3.63, 3.8) is 0 Å². The Morgan fingerprint density at radius 2 is 1.73 bits per heavy atom. The summed E-state index contributed by atoms with van der Waals surface area (Å²) in [6, 6.07) is 16.1. The number of nitrogens with one attached hydrogen (secondary N) is 1. The second-order valence-electron chi connectivity index (χ2n) is 7.59. The summed E-state index contributed by atoms with van der Waals surface area (Å²) >= 11 is 0. The van der Waals surface area contributed by atoms with Gasteiger partial charge in [0.25, 0.3) is 5.56 Å². The van der Waals surface area contributed by atoms with Crippen molar-refractivity contribution in [2.24, 2.45) is 4.99 Å². The van der Waals surface area contributed by atoms with Gasteiger partial charge in [-0.05, 0) is 31.4 Å². The van der Waals surface area contributed by atoms with Gasteiger partial charge in [-0.2, -0.15) is 0 Å². The lowest BCUT2D eigenvalue weighted by atomic mass is 10.2. The molecule has 1 N–H and O–H groups in total. The molecule has 1 aromatic heterocycles. The molecular formula is C23H34IN5O. The van der Waals surface area contributed by atoms with Gasteiger partial charge in [0.15, 0.2) is 5.96 Å². The summed E-state index contributed by atoms with van der Waals surface area (Å²) in [6.07, 6.45) is 1.98. The first-order valence-corrected chi connectivity index (χ1v) is 10.6. The van der Waals surface area contributed by atoms with Crippen molar-refractivity contribution in [2.75, 3.05) is 39.8 Å². The lowest BCUT2D eigenvalue weighted by molar-refractivity contribution is 0.172. The third kappa shape index (κ3) is 7.12. The van der Waals surface area contributed by atoms with E-state index in [1.165, 1.54) is 5.56 Å². The van der Waals surface area contributed by atoms with Crippen molar-refractivity contribution in [2.45, 2.75) is 32.9 Å². The number of hydrogen-bond donors (Lipinski definition) is 1. The summed E-state index contributed by atoms with van der Waals surface area (Å²) in [5.74, 6) is 0.984. The van der Waals surface area contributed by atoms with Crippen LogP contribution in [0.5, 0.6) is 0 Å². The Morgan fingerprint density at radius 3 is 2.40 bits per heavy atom. The minimum atomic E-state index is 0. The van der Waals surface area contributed by atoms with Crippen LogP contribution in [0.3, 0.4) is 0 Å². The van der Waals surface area contributed by atoms with Crippen LogP contribution in [0.2, 0.25) is 0 Å². The minimum Gasteiger partial charge on any atom is -0.356 e. The SMILES string of the molecule is CN=C(NCCCCn1c(C)cccc1=O)N1CCN(Cc2ccccc2)CC1.I. The number of pyridine rings is 1. The van der Waals surface area contributed by atoms with E-state index in [9.17, 15) is 4.79 Å². The van der Waals surface area contributed by atoms with E-state index < -0.39 is 0 Å². The van der Waals surface area contributed by atoms with E-state index >= 15 is 0 Å². The Labute approximate surface area is 197 Å². The normalized spacial score (nSPS) is 15.0. The highest BCUT2D eigenvalue weighted by Gasteiger charge is 2.19. The third-order valence-corrected chi connectivity index (χ3v) is 5.49. The number of guanidine groups is 1. The molecule has 164 valence electrons. The Bertz CT molecular complexity index is 844. The first-order valence-electron chi connectivity index (χ1n) is 10.6. The first-order chi connectivity index (χ1) is 14.2. The van der Waals surface area contributed by atoms with Gasteiger partial charge in [-0.3, -0.25) is 14.7 Å². The number of nitrogens with zero attached hydrogens (tertiary/aromatic N) is 4. The molecule has 0 unspecified atom stereocenters. The van der Waals surface area contributed by atoms with Crippen LogP contribution in [-0.2, 0) is 13.1 Å². The molecule has 0 aliphatic carbocycles. The zero-order valence-electron chi connectivity index (χ0n) is 18.1. The minimum absolute atomic E-state index is 0. The lowest BCUT2D eigenvalue weighted by Gasteiger charge is -2.36. The van der Waals surface area contributed by atoms with Crippen LogP contribution in [0.1, 0.15) is 24.1 Å². The maximum absolute atomic E-state index is 11.9. The molecule has 0 spiro atoms. The molecule has 1 fully saturated rings. The highest BCUT2D eigenvalue weighted by molar-refractivity contribution is 14.0. The number of unbranched alkanes of at least 4 members (excludes halogenated alkanes) is 1. The number of aliphatic imine (C=N–C) groups is 1. The largest absolute Gasteiger partial charge is 0.356 e. The molecule has 0 atom stereocenters. The van der Waals surface area contributed by atoms with Crippen molar-refractivity contribution >= 4 is 29.9 Å². The highest BCUT2D eigenvalue weighted by Crippen LogP contribution is 2.08. The van der Waals surface area contributed by atoms with Crippen molar-refractivity contribution in [1.29, 1.82) is 0 Å². The van der Waals surface area contributed by atoms with E-state index in [4.69, 9.17) is 0 Å². The van der Waals surface area contributed by atoms with Crippen LogP contribution in [-0.4, -0.2) is 60.1 Å². The van der Waals surface area contributed by atoms with E-state index in [1.807, 2.05) is 30.7 Å². The number of piperazine rings is 1. The fourth-order valence-corrected chi connectivity index (χ4v) is 3.80. The van der Waals surface area contributed by atoms with Gasteiger partial charge in [0.2, 0.25) is 0 Å². The quantitative estimate of drug-likeness (QED) is 0.263. The van der Waals surface area contributed by atoms with Crippen LogP contribution >= 0.6 is 24.0 Å². The number of halogens is 1. The van der Waals surface area contributed by atoms with E-state index in [0.29, 0.717) is 0 Å². The molecule has 30 heavy (non-hydrogen) atoms. The van der Waals surface area contributed by atoms with Crippen LogP contribution in [0.15, 0.2) is 58.3 Å². The Morgan fingerprint density at radius 1 is 1.00 bits per heavy atom. The van der Waals surface area contributed by atoms with Crippen LogP contribution < -0.4 is 10.9 Å². The summed E-state index contributed by atoms with van der Waals surface area (Å²) in [5.41, 5.74) is 2.48. The number of rotatable bonds is 7. The summed E-state index contributed by atoms with van der Waals surface area (Å²) in [5, 5.41) is 3.49. The molecule has 3 rings (SSSR count). The van der Waals surface area contributed by atoms with E-state index in [-0.39, 0.29) is 29.5 Å². The van der Waals surface area contributed by atoms with Gasteiger partial charge in [-0.1, -0.05) is 36.4 Å².